The van der Waals surface area contributed by atoms with Crippen LogP contribution in [-0.4, -0.2) is 53.1 Å². The van der Waals surface area contributed by atoms with Crippen molar-refractivity contribution >= 4 is 53.1 Å². The molecule has 0 atom stereocenters. The van der Waals surface area contributed by atoms with Gasteiger partial charge in [-0.2, -0.15) is 0 Å². The van der Waals surface area contributed by atoms with Gasteiger partial charge in [0.25, 0.3) is 0 Å². The molecule has 16 valence electrons. The Morgan fingerprint density at radius 1 is 1.33 bits per heavy atom. The molecule has 0 aromatic rings. The molecule has 0 N–H and O–H groups in total. The first kappa shape index (κ1) is 7.35. The molecule has 0 amide bonds. The maximum atomic E-state index is 2.96. The number of rotatable bonds is 0. The third-order valence-electron chi connectivity index (χ3n) is 0.433. The standard InChI is InChI=1S/C3H.3Li/c1-3-2;;;/h1H;;;. The second-order valence-corrected chi connectivity index (χ2v) is 1.55. The van der Waals surface area contributed by atoms with Crippen LogP contribution < -0.4 is 0 Å². The average molecular weight is 57.9 g/mol. The van der Waals surface area contributed by atoms with Crippen molar-refractivity contribution in [2.75, 3.05) is 0 Å². The van der Waals surface area contributed by atoms with Crippen molar-refractivity contribution in [1.82, 2.24) is 0 Å². The summed E-state index contributed by atoms with van der Waals surface area (Å²) in [6.07, 6.45) is 0. The Morgan fingerprint density at radius 2 is 1.83 bits per heavy atom. The van der Waals surface area contributed by atoms with Gasteiger partial charge in [0, 0.05) is 0 Å². The topological polar surface area (TPSA) is 0 Å². The SMILES string of the molecule is [Li][C]#C[CH]([Li])[Li]. The van der Waals surface area contributed by atoms with E-state index in [9.17, 15) is 0 Å². The van der Waals surface area contributed by atoms with E-state index < -0.39 is 0 Å². The first-order valence-corrected chi connectivity index (χ1v) is 2.19. The van der Waals surface area contributed by atoms with Gasteiger partial charge < -0.3 is 0 Å². The molecule has 6 heavy (non-hydrogen) atoms. The van der Waals surface area contributed by atoms with E-state index in [-0.39, 0.29) is 0 Å². The molecule has 0 radical (unpaired) electrons. The van der Waals surface area contributed by atoms with Crippen molar-refractivity contribution in [2.45, 2.75) is 3.26 Å². The fraction of sp³-hybridized carbons (Fsp3) is 0.333. The zero-order valence-corrected chi connectivity index (χ0v) is 4.58. The van der Waals surface area contributed by atoms with Gasteiger partial charge in [-0.25, -0.2) is 0 Å². The van der Waals surface area contributed by atoms with Crippen LogP contribution in [0.5, 0.6) is 0 Å². The van der Waals surface area contributed by atoms with Crippen LogP contribution in [-0.2, 0) is 0 Å². The molecule has 0 saturated carbocycles. The normalized spacial score (nSPS) is 7.83. The maximum absolute atomic E-state index is 2.96. The predicted molar refractivity (Wildman–Crippen MR) is 28.8 cm³/mol. The zero-order chi connectivity index (χ0) is 4.99. The molecule has 0 aliphatic heterocycles. The fourth-order valence-corrected chi connectivity index (χ4v) is 0.289. The van der Waals surface area contributed by atoms with E-state index in [1.807, 2.05) is 17.7 Å². The molecule has 3 heteroatoms. The quantitative estimate of drug-likeness (QED) is 0.252. The second kappa shape index (κ2) is 4.51. The summed E-state index contributed by atoms with van der Waals surface area (Å²) in [5, 5.41) is 0. The van der Waals surface area contributed by atoms with Gasteiger partial charge in [-0.05, 0) is 0 Å². The number of hydrogen-bond acceptors (Lipinski definition) is 0. The Labute approximate surface area is 66.4 Å². The molecule has 0 aliphatic carbocycles. The van der Waals surface area contributed by atoms with Gasteiger partial charge in [-0.3, -0.25) is 0 Å². The summed E-state index contributed by atoms with van der Waals surface area (Å²) in [7, 11) is 0. The van der Waals surface area contributed by atoms with Crippen LogP contribution in [0.1, 0.15) is 0 Å². The van der Waals surface area contributed by atoms with E-state index in [1.165, 1.54) is 0 Å². The first-order valence-electron chi connectivity index (χ1n) is 2.19. The molecule has 0 bridgehead atoms. The van der Waals surface area contributed by atoms with Gasteiger partial charge in [0.15, 0.2) is 0 Å². The van der Waals surface area contributed by atoms with Crippen molar-refractivity contribution in [3.05, 3.63) is 0 Å². The second-order valence-electron chi connectivity index (χ2n) is 1.55. The van der Waals surface area contributed by atoms with Crippen molar-refractivity contribution in [1.29, 1.82) is 0 Å². The van der Waals surface area contributed by atoms with Crippen LogP contribution in [0.15, 0.2) is 0 Å². The average Bonchev–Trinajstić information content (AvgIpc) is 1.35. The molecule has 0 aromatic carbocycles. The first-order chi connectivity index (χ1) is 2.77. The minimum atomic E-state index is 0.537. The van der Waals surface area contributed by atoms with Crippen LogP contribution in [0.4, 0.5) is 0 Å². The molecule has 0 aromatic heterocycles. The summed E-state index contributed by atoms with van der Waals surface area (Å²) in [4.78, 5) is 0. The summed E-state index contributed by atoms with van der Waals surface area (Å²) in [5.74, 6) is 2.96. The van der Waals surface area contributed by atoms with Crippen LogP contribution >= 0.6 is 0 Å². The third-order valence-corrected chi connectivity index (χ3v) is 0.433. The molecule has 0 unspecified atom stereocenters. The van der Waals surface area contributed by atoms with E-state index in [1.54, 1.807) is 0 Å². The monoisotopic (exact) mass is 58.1 g/mol. The molecule has 0 aliphatic rings. The Morgan fingerprint density at radius 3 is 1.83 bits per heavy atom. The van der Waals surface area contributed by atoms with Crippen LogP contribution in [0, 0.1) is 10.5 Å². The van der Waals surface area contributed by atoms with Gasteiger partial charge in [0.2, 0.25) is 0 Å². The molecule has 0 rings (SSSR count). The molecule has 0 spiro atoms. The van der Waals surface area contributed by atoms with E-state index in [4.69, 9.17) is 0 Å². The summed E-state index contributed by atoms with van der Waals surface area (Å²) < 4.78 is 3.35. The minimum absolute atomic E-state index is 0.537. The molecular weight excluding hydrogens is 56.9 g/mol. The Hall–Kier alpha value is 1.35. The van der Waals surface area contributed by atoms with Crippen molar-refractivity contribution in [2.24, 2.45) is 0 Å². The van der Waals surface area contributed by atoms with Gasteiger partial charge in [0.1, 0.15) is 0 Å². The Bertz CT molecular complexity index is 75.8. The van der Waals surface area contributed by atoms with Crippen molar-refractivity contribution in [3.8, 4) is 10.5 Å². The Balaban J connectivity index is 3.20. The summed E-state index contributed by atoms with van der Waals surface area (Å²) in [6.45, 7) is 0. The molecule has 0 saturated heterocycles. The Kier molecular flexibility index (Phi) is 5.53. The molecule has 0 heterocycles. The van der Waals surface area contributed by atoms with E-state index >= 15 is 0 Å². The molecule has 0 nitrogen and oxygen atoms in total. The van der Waals surface area contributed by atoms with Crippen LogP contribution in [0.25, 0.3) is 0 Å². The predicted octanol–water partition coefficient (Wildman–Crippen LogP) is -0.801. The summed E-state index contributed by atoms with van der Waals surface area (Å²) >= 11 is 6.02. The summed E-state index contributed by atoms with van der Waals surface area (Å²) in [5.41, 5.74) is 0. The van der Waals surface area contributed by atoms with E-state index in [0.717, 1.165) is 0 Å². The van der Waals surface area contributed by atoms with E-state index in [2.05, 4.69) is 45.9 Å². The molecular formula is C3HLi3. The van der Waals surface area contributed by atoms with Crippen molar-refractivity contribution < 1.29 is 0 Å². The van der Waals surface area contributed by atoms with Gasteiger partial charge in [0.05, 0.1) is 0 Å². The number of hydrogen-bond donors (Lipinski definition) is 0. The van der Waals surface area contributed by atoms with E-state index in [0.29, 0.717) is 3.26 Å². The van der Waals surface area contributed by atoms with Crippen LogP contribution in [0.2, 0.25) is 3.26 Å². The van der Waals surface area contributed by atoms with Gasteiger partial charge in [-0.1, -0.05) is 0 Å². The summed E-state index contributed by atoms with van der Waals surface area (Å²) in [6, 6.07) is 0. The van der Waals surface area contributed by atoms with Crippen molar-refractivity contribution in [3.63, 3.8) is 0 Å². The van der Waals surface area contributed by atoms with Gasteiger partial charge in [-0.15, -0.1) is 0 Å². The zero-order valence-electron chi connectivity index (χ0n) is 4.58. The van der Waals surface area contributed by atoms with Crippen LogP contribution in [0.3, 0.4) is 0 Å². The fourth-order valence-electron chi connectivity index (χ4n) is 0.289. The molecule has 0 fully saturated rings. The van der Waals surface area contributed by atoms with Gasteiger partial charge >= 0.3 is 66.9 Å². The third kappa shape index (κ3) is 5.35.